The number of aromatic nitrogens is 8. The normalized spacial score (nSPS) is 15.9. The first-order chi connectivity index (χ1) is 29.6. The molecule has 0 aliphatic carbocycles. The molecule has 3 aromatic carbocycles. The number of halogens is 2. The number of rotatable bonds is 7. The number of aryl methyl sites for hydroxylation is 4. The van der Waals surface area contributed by atoms with Crippen molar-refractivity contribution in [3.63, 3.8) is 0 Å². The lowest BCUT2D eigenvalue weighted by molar-refractivity contribution is 0.220. The van der Waals surface area contributed by atoms with E-state index in [2.05, 4.69) is 85.1 Å². The Morgan fingerprint density at radius 2 is 1.20 bits per heavy atom. The van der Waals surface area contributed by atoms with Gasteiger partial charge in [0.05, 0.1) is 55.2 Å². The first kappa shape index (κ1) is 41.0. The number of benzene rings is 3. The van der Waals surface area contributed by atoms with E-state index in [0.29, 0.717) is 44.9 Å². The third-order valence-electron chi connectivity index (χ3n) is 12.7. The van der Waals surface area contributed by atoms with Crippen LogP contribution in [0.1, 0.15) is 91.5 Å². The maximum atomic E-state index is 15.2. The molecule has 2 aliphatic heterocycles. The summed E-state index contributed by atoms with van der Waals surface area (Å²) < 4.78 is 33.2. The quantitative estimate of drug-likeness (QED) is 0.155. The molecule has 0 amide bonds. The molecule has 0 N–H and O–H groups in total. The number of thiazole rings is 1. The Bertz CT molecular complexity index is 2890. The van der Waals surface area contributed by atoms with Crippen molar-refractivity contribution in [3.05, 3.63) is 106 Å². The van der Waals surface area contributed by atoms with Gasteiger partial charge in [-0.2, -0.15) is 25.5 Å². The molecular formula is C48H52F2N10S. The van der Waals surface area contributed by atoms with Crippen LogP contribution in [0.2, 0.25) is 0 Å². The minimum Gasteiger partial charge on any atom is -0.304 e. The molecule has 0 radical (unpaired) electrons. The monoisotopic (exact) mass is 838 g/mol. The molecule has 2 aliphatic rings. The minimum atomic E-state index is -0.281. The van der Waals surface area contributed by atoms with Crippen molar-refractivity contribution >= 4 is 49.0 Å². The molecule has 13 heteroatoms. The van der Waals surface area contributed by atoms with Gasteiger partial charge < -0.3 is 9.80 Å². The zero-order valence-corrected chi connectivity index (χ0v) is 36.7. The zero-order chi connectivity index (χ0) is 42.4. The average molecular weight is 839 g/mol. The highest BCUT2D eigenvalue weighted by molar-refractivity contribution is 7.18. The summed E-state index contributed by atoms with van der Waals surface area (Å²) in [6.07, 6.45) is 6.92. The molecule has 10 nitrogen and oxygen atoms in total. The van der Waals surface area contributed by atoms with Crippen molar-refractivity contribution in [3.8, 4) is 22.4 Å². The second kappa shape index (κ2) is 17.2. The van der Waals surface area contributed by atoms with Gasteiger partial charge in [0, 0.05) is 28.2 Å². The highest BCUT2D eigenvalue weighted by Crippen LogP contribution is 2.35. The summed E-state index contributed by atoms with van der Waals surface area (Å²) >= 11 is 1.67. The Morgan fingerprint density at radius 3 is 1.77 bits per heavy atom. The van der Waals surface area contributed by atoms with E-state index < -0.39 is 0 Å². The number of hydrogen-bond donors (Lipinski definition) is 0. The van der Waals surface area contributed by atoms with Crippen molar-refractivity contribution in [2.24, 2.45) is 0 Å². The van der Waals surface area contributed by atoms with Gasteiger partial charge in [0.1, 0.15) is 11.6 Å². The number of fused-ring (bicyclic) bond motifs is 4. The van der Waals surface area contributed by atoms with Crippen LogP contribution < -0.4 is 0 Å². The fraction of sp³-hybridized carbons (Fsp3) is 0.396. The van der Waals surface area contributed by atoms with Gasteiger partial charge in [-0.05, 0) is 169 Å². The minimum absolute atomic E-state index is 0.233. The Labute approximate surface area is 359 Å². The summed E-state index contributed by atoms with van der Waals surface area (Å²) in [5.74, 6) is 0.196. The van der Waals surface area contributed by atoms with E-state index in [1.54, 1.807) is 28.0 Å². The van der Waals surface area contributed by atoms with Crippen LogP contribution in [0.5, 0.6) is 0 Å². The van der Waals surface area contributed by atoms with Gasteiger partial charge in [-0.15, -0.1) is 11.3 Å². The molecule has 0 bridgehead atoms. The van der Waals surface area contributed by atoms with Crippen LogP contribution in [0.25, 0.3) is 60.1 Å². The third-order valence-corrected chi connectivity index (χ3v) is 13.6. The molecule has 2 fully saturated rings. The van der Waals surface area contributed by atoms with Gasteiger partial charge in [0.25, 0.3) is 0 Å². The summed E-state index contributed by atoms with van der Waals surface area (Å²) in [6.45, 7) is 18.9. The van der Waals surface area contributed by atoms with Crippen molar-refractivity contribution in [2.45, 2.75) is 85.5 Å². The molecule has 314 valence electrons. The summed E-state index contributed by atoms with van der Waals surface area (Å²) in [5, 5.41) is 24.6. The lowest BCUT2D eigenvalue weighted by Gasteiger charge is -2.30. The van der Waals surface area contributed by atoms with Crippen LogP contribution in [0.4, 0.5) is 8.78 Å². The first-order valence-corrected chi connectivity index (χ1v) is 22.5. The second-order valence-electron chi connectivity index (χ2n) is 16.7. The molecule has 2 saturated heterocycles. The summed E-state index contributed by atoms with van der Waals surface area (Å²) in [4.78, 5) is 14.0. The highest BCUT2D eigenvalue weighted by Gasteiger charge is 2.24. The third kappa shape index (κ3) is 8.35. The number of piperidine rings is 2. The predicted octanol–water partition coefficient (Wildman–Crippen LogP) is 10.4. The number of imidazole rings is 1. The summed E-state index contributed by atoms with van der Waals surface area (Å²) in [5.41, 5.74) is 11.2. The Morgan fingerprint density at radius 1 is 0.639 bits per heavy atom. The van der Waals surface area contributed by atoms with Crippen molar-refractivity contribution in [2.75, 3.05) is 39.3 Å². The molecule has 8 aromatic rings. The molecule has 10 rings (SSSR count). The smallest absolute Gasteiger partial charge is 0.156 e. The van der Waals surface area contributed by atoms with Crippen LogP contribution >= 0.6 is 11.3 Å². The second-order valence-corrected chi connectivity index (χ2v) is 17.9. The Balaban J connectivity index is 0.000000156. The van der Waals surface area contributed by atoms with E-state index in [-0.39, 0.29) is 11.6 Å². The van der Waals surface area contributed by atoms with Crippen LogP contribution in [0.3, 0.4) is 0 Å². The molecule has 0 spiro atoms. The number of nitrogens with zero attached hydrogens (tertiary/aromatic N) is 10. The average Bonchev–Trinajstić information content (AvgIpc) is 3.87. The predicted molar refractivity (Wildman–Crippen MR) is 241 cm³/mol. The van der Waals surface area contributed by atoms with Gasteiger partial charge in [0.2, 0.25) is 0 Å². The van der Waals surface area contributed by atoms with Gasteiger partial charge in [-0.3, -0.25) is 0 Å². The van der Waals surface area contributed by atoms with Crippen molar-refractivity contribution < 1.29 is 8.78 Å². The highest BCUT2D eigenvalue weighted by atomic mass is 32.1. The zero-order valence-electron chi connectivity index (χ0n) is 35.8. The fourth-order valence-electron chi connectivity index (χ4n) is 9.07. The lowest BCUT2D eigenvalue weighted by Crippen LogP contribution is -2.32. The van der Waals surface area contributed by atoms with E-state index >= 15 is 8.78 Å². The standard InChI is InChI=1S/C24H27FN6.C24H25FN4S/c1-4-16-11-22(29-31-14-15(3)26-24(16)31)18-10-20(25)19-13-21(27-28-23(19)12-18)17-6-8-30(5-2)9-7-17;1-4-29-7-5-16(6-8-29)21-13-19-20(25)10-18(11-22(19)28-27-21)17-9-14(2)24-23(12-17)30-15(3)26-24/h10-14,17H,4-9H2,1-3H3;9-13,16H,4-8H2,1-3H3. The molecular weight excluding hydrogens is 787 g/mol. The van der Waals surface area contributed by atoms with E-state index in [1.807, 2.05) is 50.4 Å². The first-order valence-electron chi connectivity index (χ1n) is 21.7. The molecule has 5 aromatic heterocycles. The largest absolute Gasteiger partial charge is 0.304 e. The van der Waals surface area contributed by atoms with E-state index in [1.165, 1.54) is 0 Å². The fourth-order valence-corrected chi connectivity index (χ4v) is 10.0. The topological polar surface area (TPSA) is 101 Å². The van der Waals surface area contributed by atoms with Gasteiger partial charge >= 0.3 is 0 Å². The Hall–Kier alpha value is -5.37. The molecule has 0 atom stereocenters. The maximum absolute atomic E-state index is 15.2. The number of likely N-dealkylation sites (tertiary alicyclic amines) is 2. The lowest BCUT2D eigenvalue weighted by atomic mass is 9.92. The van der Waals surface area contributed by atoms with Gasteiger partial charge in [0.15, 0.2) is 5.65 Å². The van der Waals surface area contributed by atoms with Crippen molar-refractivity contribution in [1.29, 1.82) is 0 Å². The van der Waals surface area contributed by atoms with Crippen LogP contribution in [0, 0.1) is 32.4 Å². The number of hydrogen-bond acceptors (Lipinski definition) is 10. The summed E-state index contributed by atoms with van der Waals surface area (Å²) in [6, 6.07) is 17.0. The van der Waals surface area contributed by atoms with E-state index in [0.717, 1.165) is 132 Å². The van der Waals surface area contributed by atoms with E-state index in [9.17, 15) is 0 Å². The van der Waals surface area contributed by atoms with Gasteiger partial charge in [-0.1, -0.05) is 20.8 Å². The molecule has 0 unspecified atom stereocenters. The van der Waals surface area contributed by atoms with Gasteiger partial charge in [-0.25, -0.2) is 23.3 Å². The summed E-state index contributed by atoms with van der Waals surface area (Å²) in [7, 11) is 0. The maximum Gasteiger partial charge on any atom is 0.156 e. The molecule has 7 heterocycles. The van der Waals surface area contributed by atoms with E-state index in [4.69, 9.17) is 0 Å². The van der Waals surface area contributed by atoms with Crippen LogP contribution in [-0.4, -0.2) is 89.0 Å². The SMILES string of the molecule is CCN1CCC(c2cc3c(F)cc(-c4cc(C)c5nc(C)sc5c4)cc3nn2)CC1.CCc1cc(-c2cc(F)c3cc(C4CCN(CC)CC4)nnc3c2)nn2cc(C)nc12. The molecule has 0 saturated carbocycles. The van der Waals surface area contributed by atoms with Crippen molar-refractivity contribution in [1.82, 2.24) is 49.8 Å². The Kier molecular flexibility index (Phi) is 11.5. The molecule has 61 heavy (non-hydrogen) atoms. The van der Waals surface area contributed by atoms with Crippen LogP contribution in [0.15, 0.2) is 60.8 Å². The van der Waals surface area contributed by atoms with Crippen LogP contribution in [-0.2, 0) is 6.42 Å².